The molecule has 2 nitrogen and oxygen atoms in total. The number of anilines is 1. The van der Waals surface area contributed by atoms with Crippen LogP contribution in [-0.4, -0.2) is 0 Å². The summed E-state index contributed by atoms with van der Waals surface area (Å²) < 4.78 is 5.76. The van der Waals surface area contributed by atoms with Gasteiger partial charge in [0, 0.05) is 12.1 Å². The van der Waals surface area contributed by atoms with Crippen LogP contribution in [0.5, 0.6) is 11.5 Å². The van der Waals surface area contributed by atoms with Crippen molar-refractivity contribution in [1.82, 2.24) is 0 Å². The largest absolute Gasteiger partial charge is 0.457 e. The van der Waals surface area contributed by atoms with Crippen LogP contribution >= 0.6 is 23.2 Å². The van der Waals surface area contributed by atoms with Crippen molar-refractivity contribution in [2.24, 2.45) is 0 Å². The predicted molar refractivity (Wildman–Crippen MR) is 76.9 cm³/mol. The topological polar surface area (TPSA) is 35.2 Å². The van der Waals surface area contributed by atoms with E-state index in [0.29, 0.717) is 21.5 Å². The number of nitrogens with two attached hydrogens (primary N) is 1. The van der Waals surface area contributed by atoms with Crippen LogP contribution in [0.2, 0.25) is 10.0 Å². The maximum Gasteiger partial charge on any atom is 0.130 e. The quantitative estimate of drug-likeness (QED) is 0.788. The molecular weight excluding hydrogens is 269 g/mol. The van der Waals surface area contributed by atoms with Gasteiger partial charge >= 0.3 is 0 Å². The number of hydrogen-bond acceptors (Lipinski definition) is 2. The Bertz CT molecular complexity index is 573. The first-order valence-electron chi connectivity index (χ1n) is 5.47. The molecule has 2 aromatic carbocycles. The maximum absolute atomic E-state index is 5.96. The van der Waals surface area contributed by atoms with E-state index in [1.54, 1.807) is 12.1 Å². The molecule has 0 unspecified atom stereocenters. The third-order valence-corrected chi connectivity index (χ3v) is 3.24. The van der Waals surface area contributed by atoms with Gasteiger partial charge in [0.05, 0.1) is 15.7 Å². The van der Waals surface area contributed by atoms with Crippen LogP contribution in [0.15, 0.2) is 30.3 Å². The molecule has 2 rings (SSSR count). The molecule has 0 fully saturated rings. The van der Waals surface area contributed by atoms with E-state index in [4.69, 9.17) is 33.7 Å². The van der Waals surface area contributed by atoms with Gasteiger partial charge in [-0.05, 0) is 25.5 Å². The number of hydrogen-bond donors (Lipinski definition) is 1. The highest BCUT2D eigenvalue weighted by Gasteiger charge is 2.07. The van der Waals surface area contributed by atoms with Crippen molar-refractivity contribution in [3.8, 4) is 11.5 Å². The molecule has 0 amide bonds. The molecule has 2 aromatic rings. The zero-order valence-electron chi connectivity index (χ0n) is 10.1. The number of nitrogen functional groups attached to an aromatic ring is 1. The second kappa shape index (κ2) is 5.09. The van der Waals surface area contributed by atoms with Gasteiger partial charge in [-0.1, -0.05) is 40.9 Å². The summed E-state index contributed by atoms with van der Waals surface area (Å²) in [7, 11) is 0. The minimum atomic E-state index is 0.367. The Morgan fingerprint density at radius 1 is 1.00 bits per heavy atom. The number of ether oxygens (including phenoxy) is 1. The van der Waals surface area contributed by atoms with Crippen molar-refractivity contribution in [2.75, 3.05) is 5.73 Å². The van der Waals surface area contributed by atoms with Gasteiger partial charge in [-0.2, -0.15) is 0 Å². The van der Waals surface area contributed by atoms with E-state index in [1.165, 1.54) is 5.56 Å². The van der Waals surface area contributed by atoms with Crippen LogP contribution in [0, 0.1) is 13.8 Å². The third-order valence-electron chi connectivity index (χ3n) is 2.61. The molecule has 0 aliphatic heterocycles. The molecule has 0 aliphatic rings. The molecule has 94 valence electrons. The minimum Gasteiger partial charge on any atom is -0.457 e. The van der Waals surface area contributed by atoms with Crippen molar-refractivity contribution in [3.63, 3.8) is 0 Å². The smallest absolute Gasteiger partial charge is 0.130 e. The average Bonchev–Trinajstić information content (AvgIpc) is 2.29. The fraction of sp³-hybridized carbons (Fsp3) is 0.143. The predicted octanol–water partition coefficient (Wildman–Crippen LogP) is 4.98. The monoisotopic (exact) mass is 281 g/mol. The van der Waals surface area contributed by atoms with Crippen molar-refractivity contribution < 1.29 is 4.74 Å². The molecule has 0 spiro atoms. The van der Waals surface area contributed by atoms with Gasteiger partial charge in [0.25, 0.3) is 0 Å². The number of aryl methyl sites for hydroxylation is 2. The molecule has 0 bridgehead atoms. The zero-order valence-corrected chi connectivity index (χ0v) is 11.6. The first kappa shape index (κ1) is 13.1. The van der Waals surface area contributed by atoms with Crippen molar-refractivity contribution >= 4 is 28.9 Å². The third kappa shape index (κ3) is 2.71. The normalized spacial score (nSPS) is 10.4. The average molecular weight is 282 g/mol. The molecule has 18 heavy (non-hydrogen) atoms. The van der Waals surface area contributed by atoms with Crippen LogP contribution in [-0.2, 0) is 0 Å². The Kier molecular flexibility index (Phi) is 3.69. The highest BCUT2D eigenvalue weighted by atomic mass is 35.5. The van der Waals surface area contributed by atoms with Crippen LogP contribution in [0.1, 0.15) is 11.1 Å². The van der Waals surface area contributed by atoms with E-state index in [9.17, 15) is 0 Å². The standard InChI is InChI=1S/C14H13Cl2NO/c1-8-3-4-13(9(2)5-8)18-10-6-11(15)14(17)12(16)7-10/h3-7H,17H2,1-2H3. The highest BCUT2D eigenvalue weighted by molar-refractivity contribution is 6.39. The fourth-order valence-electron chi connectivity index (χ4n) is 1.66. The van der Waals surface area contributed by atoms with E-state index in [-0.39, 0.29) is 0 Å². The van der Waals surface area contributed by atoms with E-state index >= 15 is 0 Å². The lowest BCUT2D eigenvalue weighted by Gasteiger charge is -2.11. The molecule has 0 aromatic heterocycles. The van der Waals surface area contributed by atoms with Crippen LogP contribution in [0.25, 0.3) is 0 Å². The van der Waals surface area contributed by atoms with Gasteiger partial charge in [-0.15, -0.1) is 0 Å². The number of halogens is 2. The summed E-state index contributed by atoms with van der Waals surface area (Å²) in [6, 6.07) is 9.27. The second-order valence-corrected chi connectivity index (χ2v) is 4.99. The Labute approximate surface area is 116 Å². The maximum atomic E-state index is 5.96. The summed E-state index contributed by atoms with van der Waals surface area (Å²) >= 11 is 11.9. The molecule has 2 N–H and O–H groups in total. The Morgan fingerprint density at radius 2 is 1.61 bits per heavy atom. The highest BCUT2D eigenvalue weighted by Crippen LogP contribution is 2.35. The molecule has 4 heteroatoms. The molecule has 0 saturated carbocycles. The van der Waals surface area contributed by atoms with Gasteiger partial charge in [-0.3, -0.25) is 0 Å². The van der Waals surface area contributed by atoms with Crippen molar-refractivity contribution in [1.29, 1.82) is 0 Å². The summed E-state index contributed by atoms with van der Waals surface area (Å²) in [6.07, 6.45) is 0. The van der Waals surface area contributed by atoms with E-state index in [1.807, 2.05) is 26.0 Å². The summed E-state index contributed by atoms with van der Waals surface area (Å²) in [6.45, 7) is 4.02. The molecule has 0 atom stereocenters. The first-order chi connectivity index (χ1) is 8.47. The Hall–Kier alpha value is -1.38. The van der Waals surface area contributed by atoms with Crippen LogP contribution in [0.4, 0.5) is 5.69 Å². The lowest BCUT2D eigenvalue weighted by molar-refractivity contribution is 0.479. The summed E-state index contributed by atoms with van der Waals surface area (Å²) in [5.74, 6) is 1.35. The van der Waals surface area contributed by atoms with Crippen LogP contribution in [0.3, 0.4) is 0 Å². The Morgan fingerprint density at radius 3 is 2.17 bits per heavy atom. The van der Waals surface area contributed by atoms with Crippen molar-refractivity contribution in [2.45, 2.75) is 13.8 Å². The second-order valence-electron chi connectivity index (χ2n) is 4.17. The first-order valence-corrected chi connectivity index (χ1v) is 6.22. The molecular formula is C14H13Cl2NO. The van der Waals surface area contributed by atoms with E-state index in [2.05, 4.69) is 6.07 Å². The van der Waals surface area contributed by atoms with Gasteiger partial charge in [0.15, 0.2) is 0 Å². The SMILES string of the molecule is Cc1ccc(Oc2cc(Cl)c(N)c(Cl)c2)c(C)c1. The lowest BCUT2D eigenvalue weighted by Crippen LogP contribution is -1.92. The number of rotatable bonds is 2. The molecule has 0 saturated heterocycles. The molecule has 0 heterocycles. The Balaban J connectivity index is 2.34. The van der Waals surface area contributed by atoms with E-state index in [0.717, 1.165) is 11.3 Å². The fourth-order valence-corrected chi connectivity index (χ4v) is 2.13. The van der Waals surface area contributed by atoms with Gasteiger partial charge in [0.2, 0.25) is 0 Å². The van der Waals surface area contributed by atoms with Gasteiger partial charge < -0.3 is 10.5 Å². The number of benzene rings is 2. The lowest BCUT2D eigenvalue weighted by atomic mass is 10.1. The van der Waals surface area contributed by atoms with Gasteiger partial charge in [0.1, 0.15) is 11.5 Å². The van der Waals surface area contributed by atoms with Gasteiger partial charge in [-0.25, -0.2) is 0 Å². The summed E-state index contributed by atoms with van der Waals surface area (Å²) in [5.41, 5.74) is 8.28. The summed E-state index contributed by atoms with van der Waals surface area (Å²) in [4.78, 5) is 0. The molecule has 0 radical (unpaired) electrons. The minimum absolute atomic E-state index is 0.367. The zero-order chi connectivity index (χ0) is 13.3. The van der Waals surface area contributed by atoms with E-state index < -0.39 is 0 Å². The van der Waals surface area contributed by atoms with Crippen LogP contribution < -0.4 is 10.5 Å². The molecule has 0 aliphatic carbocycles. The van der Waals surface area contributed by atoms with Crippen molar-refractivity contribution in [3.05, 3.63) is 51.5 Å². The summed E-state index contributed by atoms with van der Waals surface area (Å²) in [5, 5.41) is 0.782.